The molecular weight excluding hydrogens is 528 g/mol. The molecule has 2 nitrogen and oxygen atoms in total. The van der Waals surface area contributed by atoms with Gasteiger partial charge in [-0.05, 0) is 41.5 Å². The summed E-state index contributed by atoms with van der Waals surface area (Å²) >= 11 is 0. The van der Waals surface area contributed by atoms with Gasteiger partial charge in [-0.3, -0.25) is 4.98 Å². The van der Waals surface area contributed by atoms with E-state index < -0.39 is 0 Å². The van der Waals surface area contributed by atoms with Crippen molar-refractivity contribution in [3.63, 3.8) is 0 Å². The Hall–Kier alpha value is -1.73. The second-order valence-corrected chi connectivity index (χ2v) is 10.7. The molecule has 0 spiro atoms. The Kier molecular flexibility index (Phi) is 13.5. The first-order chi connectivity index (χ1) is 16.4. The first kappa shape index (κ1) is 33.3. The van der Waals surface area contributed by atoms with Crippen LogP contribution in [0.4, 0.5) is 5.69 Å². The minimum Gasteiger partial charge on any atom is -0.673 e. The van der Waals surface area contributed by atoms with Crippen molar-refractivity contribution in [1.82, 2.24) is 4.98 Å². The summed E-state index contributed by atoms with van der Waals surface area (Å²) in [4.78, 5) is 5.25. The number of aromatic nitrogens is 1. The molecule has 0 radical (unpaired) electrons. The summed E-state index contributed by atoms with van der Waals surface area (Å²) in [6.07, 6.45) is 6.10. The molecule has 0 saturated heterocycles. The predicted molar refractivity (Wildman–Crippen MR) is 158 cm³/mol. The maximum Gasteiger partial charge on any atom is 4.00 e. The topological polar surface area (TPSA) is 27.0 Å². The molecule has 0 N–H and O–H groups in total. The van der Waals surface area contributed by atoms with Gasteiger partial charge in [-0.25, -0.2) is 0 Å². The summed E-state index contributed by atoms with van der Waals surface area (Å²) in [5.41, 5.74) is 8.65. The quantitative estimate of drug-likeness (QED) is 0.246. The molecule has 1 saturated carbocycles. The monoisotopic (exact) mass is 572 g/mol. The van der Waals surface area contributed by atoms with Crippen LogP contribution in [0.15, 0.2) is 60.7 Å². The van der Waals surface area contributed by atoms with Crippen molar-refractivity contribution in [3.05, 3.63) is 121 Å². The van der Waals surface area contributed by atoms with E-state index in [-0.39, 0.29) is 47.1 Å². The third-order valence-electron chi connectivity index (χ3n) is 7.14. The second-order valence-electron chi connectivity index (χ2n) is 10.7. The Morgan fingerprint density at radius 3 is 1.81 bits per heavy atom. The normalized spacial score (nSPS) is 15.6. The minimum atomic E-state index is -0.127. The van der Waals surface area contributed by atoms with Gasteiger partial charge in [-0.15, -0.1) is 11.6 Å². The number of benzene rings is 2. The SMILES string of the molecule is CC(C)c1ccccc1C([N-]c1c(C(C)C)cccc1C(C)C)c1cccc(C2[CH-]CCC2)n1.[CH3-].[CH3-].[Zr+4]. The molecule has 37 heavy (non-hydrogen) atoms. The zero-order valence-electron chi connectivity index (χ0n) is 24.3. The Morgan fingerprint density at radius 2 is 1.27 bits per heavy atom. The zero-order chi connectivity index (χ0) is 24.2. The third-order valence-corrected chi connectivity index (χ3v) is 7.14. The van der Waals surface area contributed by atoms with E-state index in [9.17, 15) is 0 Å². The summed E-state index contributed by atoms with van der Waals surface area (Å²) in [7, 11) is 0. The van der Waals surface area contributed by atoms with Gasteiger partial charge in [0.25, 0.3) is 0 Å². The summed E-state index contributed by atoms with van der Waals surface area (Å²) < 4.78 is 0. The maximum atomic E-state index is 5.58. The van der Waals surface area contributed by atoms with Gasteiger partial charge in [0.05, 0.1) is 0 Å². The first-order valence-electron chi connectivity index (χ1n) is 13.1. The second kappa shape index (κ2) is 15.0. The molecule has 3 aromatic rings. The van der Waals surface area contributed by atoms with Crippen LogP contribution >= 0.6 is 0 Å². The molecule has 2 atom stereocenters. The van der Waals surface area contributed by atoms with Crippen molar-refractivity contribution >= 4 is 5.69 Å². The number of hydrogen-bond donors (Lipinski definition) is 0. The van der Waals surface area contributed by atoms with Crippen LogP contribution < -0.4 is 0 Å². The van der Waals surface area contributed by atoms with E-state index in [2.05, 4.69) is 109 Å². The van der Waals surface area contributed by atoms with Gasteiger partial charge in [-0.2, -0.15) is 6.42 Å². The van der Waals surface area contributed by atoms with Crippen molar-refractivity contribution < 1.29 is 26.2 Å². The first-order valence-corrected chi connectivity index (χ1v) is 13.1. The van der Waals surface area contributed by atoms with E-state index in [0.29, 0.717) is 23.7 Å². The number of para-hydroxylation sites is 1. The molecular formula is C34H46N2Zr. The fraction of sp³-hybridized carbons (Fsp3) is 0.412. The van der Waals surface area contributed by atoms with E-state index >= 15 is 0 Å². The number of hydrogen-bond acceptors (Lipinski definition) is 1. The molecule has 1 aliphatic rings. The van der Waals surface area contributed by atoms with Gasteiger partial charge >= 0.3 is 26.2 Å². The van der Waals surface area contributed by atoms with E-state index in [1.54, 1.807) is 0 Å². The number of pyridine rings is 1. The molecule has 1 heterocycles. The molecule has 0 aliphatic heterocycles. The Bertz CT molecular complexity index is 1070. The summed E-state index contributed by atoms with van der Waals surface area (Å²) in [6, 6.07) is 21.9. The fourth-order valence-corrected chi connectivity index (χ4v) is 5.24. The van der Waals surface area contributed by atoms with Gasteiger partial charge in [0, 0.05) is 11.4 Å². The average Bonchev–Trinajstić information content (AvgIpc) is 3.37. The van der Waals surface area contributed by atoms with Crippen LogP contribution in [0.25, 0.3) is 5.32 Å². The van der Waals surface area contributed by atoms with Crippen LogP contribution in [0, 0.1) is 21.3 Å². The van der Waals surface area contributed by atoms with Gasteiger partial charge in [0.2, 0.25) is 0 Å². The Balaban J connectivity index is 0.00000228. The van der Waals surface area contributed by atoms with E-state index in [1.165, 1.54) is 47.2 Å². The van der Waals surface area contributed by atoms with Gasteiger partial charge < -0.3 is 26.6 Å². The molecule has 2 aromatic carbocycles. The van der Waals surface area contributed by atoms with E-state index in [4.69, 9.17) is 10.3 Å². The van der Waals surface area contributed by atoms with Crippen LogP contribution in [-0.2, 0) is 26.2 Å². The van der Waals surface area contributed by atoms with Crippen LogP contribution in [0.1, 0.15) is 124 Å². The Morgan fingerprint density at radius 1 is 0.730 bits per heavy atom. The van der Waals surface area contributed by atoms with Crippen LogP contribution in [-0.4, -0.2) is 4.98 Å². The van der Waals surface area contributed by atoms with Crippen LogP contribution in [0.3, 0.4) is 0 Å². The third kappa shape index (κ3) is 7.66. The zero-order valence-corrected chi connectivity index (χ0v) is 26.7. The molecule has 2 unspecified atom stereocenters. The van der Waals surface area contributed by atoms with Gasteiger partial charge in [-0.1, -0.05) is 120 Å². The standard InChI is InChI=1S/C32H40N2.2CH3.Zr/c1-21(2)25-15-9-10-16-28(25)32(30-20-12-19-29(33-30)24-13-7-8-14-24)34-31-26(22(3)4)17-11-18-27(31)23(5)6;;;/h9-13,15-24,32H,7-8,14H2,1-6H3;2*1H3;/q-2;2*-1;+4. The summed E-state index contributed by atoms with van der Waals surface area (Å²) in [5, 5.41) is 5.58. The van der Waals surface area contributed by atoms with Crippen molar-refractivity contribution in [2.75, 3.05) is 0 Å². The van der Waals surface area contributed by atoms with Crippen molar-refractivity contribution in [2.24, 2.45) is 0 Å². The minimum absolute atomic E-state index is 0. The molecule has 0 bridgehead atoms. The molecule has 1 fully saturated rings. The molecule has 196 valence electrons. The van der Waals surface area contributed by atoms with Gasteiger partial charge in [0.1, 0.15) is 0 Å². The van der Waals surface area contributed by atoms with Gasteiger partial charge in [0.15, 0.2) is 0 Å². The van der Waals surface area contributed by atoms with Crippen LogP contribution in [0.5, 0.6) is 0 Å². The largest absolute Gasteiger partial charge is 4.00 e. The maximum absolute atomic E-state index is 5.58. The van der Waals surface area contributed by atoms with Crippen molar-refractivity contribution in [1.29, 1.82) is 0 Å². The Labute approximate surface area is 247 Å². The van der Waals surface area contributed by atoms with Crippen molar-refractivity contribution in [2.45, 2.75) is 90.5 Å². The fourth-order valence-electron chi connectivity index (χ4n) is 5.24. The number of nitrogens with zero attached hydrogens (tertiary/aromatic N) is 2. The number of rotatable bonds is 8. The summed E-state index contributed by atoms with van der Waals surface area (Å²) in [6.45, 7) is 13.6. The molecule has 1 aliphatic carbocycles. The summed E-state index contributed by atoms with van der Waals surface area (Å²) in [5.74, 6) is 1.71. The smallest absolute Gasteiger partial charge is 0.673 e. The van der Waals surface area contributed by atoms with Crippen molar-refractivity contribution in [3.8, 4) is 0 Å². The molecule has 0 amide bonds. The molecule has 4 rings (SSSR count). The van der Waals surface area contributed by atoms with E-state index in [1.807, 2.05) is 0 Å². The van der Waals surface area contributed by atoms with E-state index in [0.717, 1.165) is 11.4 Å². The molecule has 1 aromatic heterocycles. The average molecular weight is 574 g/mol. The predicted octanol–water partition coefficient (Wildman–Crippen LogP) is 10.6. The molecule has 3 heteroatoms. The van der Waals surface area contributed by atoms with Crippen LogP contribution in [0.2, 0.25) is 0 Å².